The van der Waals surface area contributed by atoms with Gasteiger partial charge in [0.1, 0.15) is 12.5 Å². The average Bonchev–Trinajstić information content (AvgIpc) is 2.96. The fourth-order valence-electron chi connectivity index (χ4n) is 4.31. The number of phosphoric acid groups is 1. The molecule has 1 aliphatic rings. The van der Waals surface area contributed by atoms with E-state index in [0.29, 0.717) is 17.2 Å². The summed E-state index contributed by atoms with van der Waals surface area (Å²) in [7, 11) is 0.106. The van der Waals surface area contributed by atoms with E-state index in [1.807, 2.05) is 0 Å². The van der Waals surface area contributed by atoms with Crippen LogP contribution in [0.1, 0.15) is 55.4 Å². The number of carbonyl (C=O) groups excluding carboxylic acids is 1. The number of ether oxygens (including phenoxy) is 4. The fourth-order valence-corrected chi connectivity index (χ4v) is 6.05. The highest BCUT2D eigenvalue weighted by Gasteiger charge is 2.39. The predicted octanol–water partition coefficient (Wildman–Crippen LogP) is 6.74. The number of anilines is 5. The Morgan fingerprint density at radius 3 is 2.12 bits per heavy atom. The molecule has 17 heteroatoms. The van der Waals surface area contributed by atoms with Crippen molar-refractivity contribution >= 4 is 42.8 Å². The van der Waals surface area contributed by atoms with E-state index in [4.69, 9.17) is 32.5 Å². The molecule has 262 valence electrons. The molecule has 1 aliphatic heterocycles. The Balaban J connectivity index is 1.77. The minimum atomic E-state index is -4.24. The number of benzene rings is 1. The van der Waals surface area contributed by atoms with Crippen molar-refractivity contribution in [1.29, 1.82) is 0 Å². The molecule has 1 amide bonds. The van der Waals surface area contributed by atoms with Crippen molar-refractivity contribution in [3.63, 3.8) is 0 Å². The van der Waals surface area contributed by atoms with Gasteiger partial charge in [0.15, 0.2) is 40.3 Å². The van der Waals surface area contributed by atoms with Gasteiger partial charge < -0.3 is 29.6 Å². The molecule has 3 aromatic rings. The number of phosphoric ester groups is 1. The van der Waals surface area contributed by atoms with Gasteiger partial charge in [-0.25, -0.2) is 18.9 Å². The summed E-state index contributed by atoms with van der Waals surface area (Å²) in [6.07, 6.45) is 0.943. The maximum Gasteiger partial charge on any atom is 0.477 e. The minimum Gasteiger partial charge on any atom is -0.493 e. The van der Waals surface area contributed by atoms with Crippen molar-refractivity contribution < 1.29 is 46.3 Å². The summed E-state index contributed by atoms with van der Waals surface area (Å²) in [4.78, 5) is 26.7. The van der Waals surface area contributed by atoms with Crippen LogP contribution in [0.25, 0.3) is 0 Å². The van der Waals surface area contributed by atoms with Gasteiger partial charge in [-0.3, -0.25) is 23.3 Å². The van der Waals surface area contributed by atoms with Crippen LogP contribution in [0.15, 0.2) is 30.5 Å². The van der Waals surface area contributed by atoms with Crippen LogP contribution in [-0.4, -0.2) is 65.7 Å². The number of pyridine rings is 1. The van der Waals surface area contributed by atoms with Crippen LogP contribution in [0.5, 0.6) is 23.0 Å². The van der Waals surface area contributed by atoms with Gasteiger partial charge in [0, 0.05) is 12.1 Å². The van der Waals surface area contributed by atoms with Gasteiger partial charge in [0.2, 0.25) is 11.7 Å². The molecule has 4 rings (SSSR count). The third-order valence-corrected chi connectivity index (χ3v) is 8.27. The summed E-state index contributed by atoms with van der Waals surface area (Å²) in [6, 6.07) is 6.29. The van der Waals surface area contributed by atoms with Crippen molar-refractivity contribution in [2.45, 2.75) is 72.2 Å². The maximum absolute atomic E-state index is 15.2. The highest BCUT2D eigenvalue weighted by molar-refractivity contribution is 7.48. The molecule has 0 fully saturated rings. The highest BCUT2D eigenvalue weighted by atomic mass is 31.2. The van der Waals surface area contributed by atoms with Crippen molar-refractivity contribution in [1.82, 2.24) is 15.0 Å². The SMILES string of the molecule is COc1cc(N(COP(=O)(OC(C)(C)C)OC(C)(C)C)c2ncc(F)c(Nc3ccc4c(n3)NC(=O)C(C)(C)O4)n2)cc(OC)c1OC. The van der Waals surface area contributed by atoms with Gasteiger partial charge in [0.05, 0.1) is 44.4 Å². The molecular formula is C31H42FN6O9P. The maximum atomic E-state index is 15.2. The molecule has 0 bridgehead atoms. The van der Waals surface area contributed by atoms with E-state index >= 15 is 4.39 Å². The predicted molar refractivity (Wildman–Crippen MR) is 176 cm³/mol. The van der Waals surface area contributed by atoms with Crippen LogP contribution in [0.2, 0.25) is 0 Å². The second-order valence-electron chi connectivity index (χ2n) is 13.0. The number of carbonyl (C=O) groups is 1. The Morgan fingerprint density at radius 1 is 0.979 bits per heavy atom. The number of hydrogen-bond acceptors (Lipinski definition) is 14. The fraction of sp³-hybridized carbons (Fsp3) is 0.484. The third kappa shape index (κ3) is 8.81. The highest BCUT2D eigenvalue weighted by Crippen LogP contribution is 2.56. The molecule has 0 unspecified atom stereocenters. The Morgan fingerprint density at radius 2 is 1.58 bits per heavy atom. The van der Waals surface area contributed by atoms with Gasteiger partial charge in [-0.2, -0.15) is 4.98 Å². The van der Waals surface area contributed by atoms with Crippen LogP contribution in [-0.2, 0) is 22.9 Å². The van der Waals surface area contributed by atoms with E-state index in [0.717, 1.165) is 6.20 Å². The Labute approximate surface area is 279 Å². The molecule has 1 aromatic carbocycles. The van der Waals surface area contributed by atoms with Crippen LogP contribution < -0.4 is 34.5 Å². The molecule has 0 radical (unpaired) electrons. The summed E-state index contributed by atoms with van der Waals surface area (Å²) in [6.45, 7) is 13.0. The van der Waals surface area contributed by atoms with Gasteiger partial charge in [-0.15, -0.1) is 0 Å². The van der Waals surface area contributed by atoms with Crippen LogP contribution >= 0.6 is 7.82 Å². The first-order chi connectivity index (χ1) is 22.3. The van der Waals surface area contributed by atoms with Crippen LogP contribution in [0.4, 0.5) is 33.5 Å². The molecule has 0 saturated carbocycles. The largest absolute Gasteiger partial charge is 0.493 e. The van der Waals surface area contributed by atoms with Gasteiger partial charge in [0.25, 0.3) is 5.91 Å². The standard InChI is InChI=1S/C31H42FN6O9P/c1-29(2,3)46-48(40,47-30(4,5)6)44-17-38(18-14-21(41-9)24(43-11)22(15-18)42-10)28-33-16-19(32)25(37-28)34-23-13-12-20-26(35-23)36-27(39)31(7,8)45-20/h12-16H,17H2,1-11H3,(H2,33,34,35,36,37,39). The quantitative estimate of drug-likeness (QED) is 0.151. The zero-order chi connectivity index (χ0) is 35.7. The van der Waals surface area contributed by atoms with E-state index < -0.39 is 37.2 Å². The Bertz CT molecular complexity index is 1670. The van der Waals surface area contributed by atoms with Crippen LogP contribution in [0.3, 0.4) is 0 Å². The lowest BCUT2D eigenvalue weighted by Gasteiger charge is -2.32. The van der Waals surface area contributed by atoms with E-state index in [-0.39, 0.29) is 40.8 Å². The molecule has 0 atom stereocenters. The lowest BCUT2D eigenvalue weighted by Crippen LogP contribution is -2.46. The number of nitrogens with zero attached hydrogens (tertiary/aromatic N) is 4. The molecule has 15 nitrogen and oxygen atoms in total. The Kier molecular flexibility index (Phi) is 10.4. The average molecular weight is 693 g/mol. The summed E-state index contributed by atoms with van der Waals surface area (Å²) >= 11 is 0. The first-order valence-electron chi connectivity index (χ1n) is 14.8. The van der Waals surface area contributed by atoms with E-state index in [9.17, 15) is 9.36 Å². The normalized spacial score (nSPS) is 14.4. The lowest BCUT2D eigenvalue weighted by molar-refractivity contribution is -0.129. The number of halogens is 1. The molecule has 2 N–H and O–H groups in total. The lowest BCUT2D eigenvalue weighted by atomic mass is 10.1. The first-order valence-corrected chi connectivity index (χ1v) is 16.3. The van der Waals surface area contributed by atoms with Crippen molar-refractivity contribution in [3.05, 3.63) is 36.3 Å². The second-order valence-corrected chi connectivity index (χ2v) is 14.5. The molecular weight excluding hydrogens is 650 g/mol. The summed E-state index contributed by atoms with van der Waals surface area (Å²) in [5.41, 5.74) is -2.59. The van der Waals surface area contributed by atoms with E-state index in [1.54, 1.807) is 73.6 Å². The molecule has 0 spiro atoms. The minimum absolute atomic E-state index is 0.0948. The first kappa shape index (κ1) is 36.6. The van der Waals surface area contributed by atoms with Crippen molar-refractivity contribution in [3.8, 4) is 23.0 Å². The van der Waals surface area contributed by atoms with Gasteiger partial charge >= 0.3 is 7.82 Å². The monoisotopic (exact) mass is 692 g/mol. The molecule has 2 aromatic heterocycles. The van der Waals surface area contributed by atoms with Crippen molar-refractivity contribution in [2.75, 3.05) is 43.6 Å². The molecule has 0 saturated heterocycles. The number of methoxy groups -OCH3 is 3. The smallest absolute Gasteiger partial charge is 0.477 e. The van der Waals surface area contributed by atoms with Gasteiger partial charge in [-0.1, -0.05) is 0 Å². The topological polar surface area (TPSA) is 165 Å². The zero-order valence-electron chi connectivity index (χ0n) is 28.9. The van der Waals surface area contributed by atoms with E-state index in [1.165, 1.54) is 32.3 Å². The number of fused-ring (bicyclic) bond motifs is 1. The summed E-state index contributed by atoms with van der Waals surface area (Å²) < 4.78 is 68.9. The number of aromatic nitrogens is 3. The number of rotatable bonds is 12. The Hall–Kier alpha value is -4.24. The number of hydrogen-bond donors (Lipinski definition) is 2. The molecule has 3 heterocycles. The number of amides is 1. The summed E-state index contributed by atoms with van der Waals surface area (Å²) in [5, 5.41) is 5.50. The summed E-state index contributed by atoms with van der Waals surface area (Å²) in [5.74, 6) is -0.0513. The second kappa shape index (κ2) is 13.7. The van der Waals surface area contributed by atoms with Gasteiger partial charge in [-0.05, 0) is 67.5 Å². The van der Waals surface area contributed by atoms with Crippen molar-refractivity contribution in [2.24, 2.45) is 0 Å². The van der Waals surface area contributed by atoms with Crippen LogP contribution in [0, 0.1) is 5.82 Å². The molecule has 48 heavy (non-hydrogen) atoms. The van der Waals surface area contributed by atoms with E-state index in [2.05, 4.69) is 25.6 Å². The third-order valence-electron chi connectivity index (χ3n) is 6.30. The number of nitrogens with one attached hydrogen (secondary N) is 2. The zero-order valence-corrected chi connectivity index (χ0v) is 29.8. The molecule has 0 aliphatic carbocycles.